The first kappa shape index (κ1) is 18.5. The highest BCUT2D eigenvalue weighted by atomic mass is 35.5. The van der Waals surface area contributed by atoms with Crippen molar-refractivity contribution in [2.75, 3.05) is 13.2 Å². The average molecular weight is 395 g/mol. The topological polar surface area (TPSA) is 77.0 Å². The van der Waals surface area contributed by atoms with Gasteiger partial charge in [0.25, 0.3) is 10.0 Å². The lowest BCUT2D eigenvalue weighted by Gasteiger charge is -2.10. The molecule has 1 aliphatic heterocycles. The molecular weight excluding hydrogens is 376 g/mol. The van der Waals surface area contributed by atoms with Gasteiger partial charge in [-0.15, -0.1) is 0 Å². The Morgan fingerprint density at radius 1 is 1.15 bits per heavy atom. The lowest BCUT2D eigenvalue weighted by atomic mass is 10.2. The zero-order chi connectivity index (χ0) is 18.7. The first-order chi connectivity index (χ1) is 12.4. The summed E-state index contributed by atoms with van der Waals surface area (Å²) in [6.45, 7) is 4.64. The molecule has 1 aliphatic rings. The van der Waals surface area contributed by atoms with Gasteiger partial charge in [-0.25, -0.2) is 4.83 Å². The van der Waals surface area contributed by atoms with Gasteiger partial charge in [0.2, 0.25) is 0 Å². The summed E-state index contributed by atoms with van der Waals surface area (Å²) in [5.74, 6) is 1.02. The van der Waals surface area contributed by atoms with E-state index in [1.54, 1.807) is 31.2 Å². The summed E-state index contributed by atoms with van der Waals surface area (Å²) in [6.07, 6.45) is 2.15. The minimum absolute atomic E-state index is 0.200. The molecule has 0 fully saturated rings. The maximum absolute atomic E-state index is 12.4. The second kappa shape index (κ2) is 7.55. The number of ether oxygens (including phenoxy) is 2. The van der Waals surface area contributed by atoms with Gasteiger partial charge in [-0.1, -0.05) is 23.7 Å². The van der Waals surface area contributed by atoms with Crippen molar-refractivity contribution in [2.24, 2.45) is 5.10 Å². The van der Waals surface area contributed by atoms with Crippen LogP contribution in [0.15, 0.2) is 40.3 Å². The lowest BCUT2D eigenvalue weighted by molar-refractivity contribution is 0.297. The van der Waals surface area contributed by atoms with Gasteiger partial charge in [-0.2, -0.15) is 13.5 Å². The van der Waals surface area contributed by atoms with Crippen LogP contribution >= 0.6 is 11.6 Å². The molecule has 8 heteroatoms. The molecule has 0 spiro atoms. The van der Waals surface area contributed by atoms with Gasteiger partial charge in [0, 0.05) is 6.42 Å². The Morgan fingerprint density at radius 2 is 1.92 bits per heavy atom. The summed E-state index contributed by atoms with van der Waals surface area (Å²) in [5.41, 5.74) is 2.11. The minimum atomic E-state index is -3.75. The number of hydrogen-bond donors (Lipinski definition) is 1. The second-order valence-electron chi connectivity index (χ2n) is 6.00. The monoisotopic (exact) mass is 394 g/mol. The third kappa shape index (κ3) is 4.11. The maximum atomic E-state index is 12.4. The normalized spacial score (nSPS) is 14.3. The fourth-order valence-corrected chi connectivity index (χ4v) is 3.94. The van der Waals surface area contributed by atoms with E-state index in [2.05, 4.69) is 9.93 Å². The molecule has 138 valence electrons. The third-order valence-electron chi connectivity index (χ3n) is 3.84. The molecule has 6 nitrogen and oxygen atoms in total. The summed E-state index contributed by atoms with van der Waals surface area (Å²) >= 11 is 6.22. The average Bonchev–Trinajstić information content (AvgIpc) is 2.82. The van der Waals surface area contributed by atoms with Crippen molar-refractivity contribution in [1.82, 2.24) is 4.83 Å². The van der Waals surface area contributed by atoms with Crippen LogP contribution in [0.1, 0.15) is 23.1 Å². The summed E-state index contributed by atoms with van der Waals surface area (Å²) in [5, 5.41) is 4.25. The number of rotatable bonds is 4. The van der Waals surface area contributed by atoms with E-state index in [4.69, 9.17) is 21.1 Å². The van der Waals surface area contributed by atoms with Crippen molar-refractivity contribution < 1.29 is 17.9 Å². The molecule has 0 atom stereocenters. The van der Waals surface area contributed by atoms with Crippen LogP contribution in [0, 0.1) is 13.8 Å². The zero-order valence-electron chi connectivity index (χ0n) is 14.5. The van der Waals surface area contributed by atoms with Crippen molar-refractivity contribution in [1.29, 1.82) is 0 Å². The van der Waals surface area contributed by atoms with Crippen LogP contribution in [0.2, 0.25) is 5.02 Å². The van der Waals surface area contributed by atoms with Crippen LogP contribution in [0.3, 0.4) is 0 Å². The highest BCUT2D eigenvalue weighted by Gasteiger charge is 2.17. The highest BCUT2D eigenvalue weighted by Crippen LogP contribution is 2.37. The SMILES string of the molecule is Cc1ccc(C)c(S(=O)(=O)N/N=C\c2cc(Cl)c3c(c2)OCCCO3)c1. The van der Waals surface area contributed by atoms with E-state index in [0.717, 1.165) is 12.0 Å². The van der Waals surface area contributed by atoms with Crippen LogP contribution in [0.4, 0.5) is 0 Å². The number of benzene rings is 2. The second-order valence-corrected chi connectivity index (χ2v) is 8.04. The molecule has 1 heterocycles. The molecule has 26 heavy (non-hydrogen) atoms. The molecular formula is C18H19ClN2O4S. The standard InChI is InChI=1S/C18H19ClN2O4S/c1-12-4-5-13(2)17(8-12)26(22,23)21-20-11-14-9-15(19)18-16(10-14)24-6-3-7-25-18/h4-5,8-11,21H,3,6-7H2,1-2H3/b20-11-. The first-order valence-electron chi connectivity index (χ1n) is 8.08. The molecule has 3 rings (SSSR count). The van der Waals surface area contributed by atoms with Crippen LogP contribution < -0.4 is 14.3 Å². The van der Waals surface area contributed by atoms with Gasteiger partial charge in [-0.3, -0.25) is 0 Å². The quantitative estimate of drug-likeness (QED) is 0.636. The van der Waals surface area contributed by atoms with Gasteiger partial charge in [-0.05, 0) is 48.7 Å². The number of nitrogens with zero attached hydrogens (tertiary/aromatic N) is 1. The molecule has 1 N–H and O–H groups in total. The van der Waals surface area contributed by atoms with Crippen LogP contribution in [-0.2, 0) is 10.0 Å². The summed E-state index contributed by atoms with van der Waals surface area (Å²) < 4.78 is 36.1. The number of aryl methyl sites for hydroxylation is 2. The van der Waals surface area contributed by atoms with Crippen LogP contribution in [0.25, 0.3) is 0 Å². The Labute approximate surface area is 157 Å². The summed E-state index contributed by atoms with van der Waals surface area (Å²) in [4.78, 5) is 2.43. The molecule has 0 unspecified atom stereocenters. The van der Waals surface area contributed by atoms with E-state index in [1.165, 1.54) is 6.21 Å². The van der Waals surface area contributed by atoms with E-state index in [-0.39, 0.29) is 4.90 Å². The molecule has 0 saturated heterocycles. The summed E-state index contributed by atoms with van der Waals surface area (Å²) in [6, 6.07) is 8.58. The maximum Gasteiger partial charge on any atom is 0.276 e. The largest absolute Gasteiger partial charge is 0.489 e. The minimum Gasteiger partial charge on any atom is -0.489 e. The Kier molecular flexibility index (Phi) is 5.38. The Morgan fingerprint density at radius 3 is 2.73 bits per heavy atom. The Balaban J connectivity index is 1.81. The predicted molar refractivity (Wildman–Crippen MR) is 101 cm³/mol. The van der Waals surface area contributed by atoms with Crippen molar-refractivity contribution in [3.05, 3.63) is 52.0 Å². The van der Waals surface area contributed by atoms with E-state index in [9.17, 15) is 8.42 Å². The molecule has 0 aromatic heterocycles. The smallest absolute Gasteiger partial charge is 0.276 e. The van der Waals surface area contributed by atoms with E-state index in [1.807, 2.05) is 13.0 Å². The fraction of sp³-hybridized carbons (Fsp3) is 0.278. The molecule has 0 saturated carbocycles. The van der Waals surface area contributed by atoms with E-state index in [0.29, 0.717) is 40.9 Å². The third-order valence-corrected chi connectivity index (χ3v) is 5.49. The zero-order valence-corrected chi connectivity index (χ0v) is 16.0. The first-order valence-corrected chi connectivity index (χ1v) is 9.94. The van der Waals surface area contributed by atoms with Gasteiger partial charge in [0.15, 0.2) is 11.5 Å². The van der Waals surface area contributed by atoms with Gasteiger partial charge < -0.3 is 9.47 Å². The van der Waals surface area contributed by atoms with Crippen molar-refractivity contribution >= 4 is 27.8 Å². The number of hydrogen-bond acceptors (Lipinski definition) is 5. The number of hydrazone groups is 1. The van der Waals surface area contributed by atoms with E-state index < -0.39 is 10.0 Å². The number of nitrogens with one attached hydrogen (secondary N) is 1. The number of halogens is 1. The van der Waals surface area contributed by atoms with Gasteiger partial charge in [0.1, 0.15) is 0 Å². The lowest BCUT2D eigenvalue weighted by Crippen LogP contribution is -2.19. The molecule has 2 aromatic carbocycles. The Bertz CT molecular complexity index is 958. The molecule has 0 bridgehead atoms. The fourth-order valence-electron chi connectivity index (χ4n) is 2.54. The highest BCUT2D eigenvalue weighted by molar-refractivity contribution is 7.89. The van der Waals surface area contributed by atoms with Crippen molar-refractivity contribution in [3.63, 3.8) is 0 Å². The molecule has 2 aromatic rings. The van der Waals surface area contributed by atoms with Crippen LogP contribution in [0.5, 0.6) is 11.5 Å². The van der Waals surface area contributed by atoms with Gasteiger partial charge in [0.05, 0.1) is 29.3 Å². The molecule has 0 radical (unpaired) electrons. The van der Waals surface area contributed by atoms with Gasteiger partial charge >= 0.3 is 0 Å². The van der Waals surface area contributed by atoms with E-state index >= 15 is 0 Å². The predicted octanol–water partition coefficient (Wildman–Crippen LogP) is 3.43. The van der Waals surface area contributed by atoms with Crippen LogP contribution in [-0.4, -0.2) is 27.8 Å². The molecule has 0 amide bonds. The number of sulfonamides is 1. The Hall–Kier alpha value is -2.25. The summed E-state index contributed by atoms with van der Waals surface area (Å²) in [7, 11) is -3.75. The van der Waals surface area contributed by atoms with Crippen molar-refractivity contribution in [3.8, 4) is 11.5 Å². The molecule has 0 aliphatic carbocycles. The van der Waals surface area contributed by atoms with Crippen molar-refractivity contribution in [2.45, 2.75) is 25.2 Å². The number of fused-ring (bicyclic) bond motifs is 1.